The average molecular weight is 260 g/mol. The van der Waals surface area contributed by atoms with Crippen molar-refractivity contribution >= 4 is 5.69 Å². The van der Waals surface area contributed by atoms with Crippen LogP contribution in [0.4, 0.5) is 5.69 Å². The van der Waals surface area contributed by atoms with Crippen LogP contribution in [-0.2, 0) is 6.42 Å². The zero-order valence-electron chi connectivity index (χ0n) is 12.9. The fraction of sp³-hybridized carbons (Fsp3) is 0.647. The van der Waals surface area contributed by atoms with Crippen LogP contribution in [0.25, 0.3) is 0 Å². The summed E-state index contributed by atoms with van der Waals surface area (Å²) in [5.74, 6) is 0.738. The highest BCUT2D eigenvalue weighted by atomic mass is 15.2. The summed E-state index contributed by atoms with van der Waals surface area (Å²) in [6.07, 6.45) is 3.74. The number of hydrogen-bond donors (Lipinski definition) is 0. The summed E-state index contributed by atoms with van der Waals surface area (Å²) < 4.78 is 0. The molecular formula is C17H28N2. The van der Waals surface area contributed by atoms with Crippen molar-refractivity contribution in [2.75, 3.05) is 32.1 Å². The minimum Gasteiger partial charge on any atom is -0.371 e. The van der Waals surface area contributed by atoms with Crippen molar-refractivity contribution < 1.29 is 0 Å². The van der Waals surface area contributed by atoms with E-state index >= 15 is 0 Å². The molecule has 0 radical (unpaired) electrons. The van der Waals surface area contributed by atoms with Crippen LogP contribution in [-0.4, -0.2) is 38.1 Å². The molecule has 1 fully saturated rings. The summed E-state index contributed by atoms with van der Waals surface area (Å²) in [6, 6.07) is 9.96. The number of nitrogens with zero attached hydrogens (tertiary/aromatic N) is 2. The van der Waals surface area contributed by atoms with Gasteiger partial charge in [0, 0.05) is 24.8 Å². The minimum absolute atomic E-state index is 0.738. The average Bonchev–Trinajstić information content (AvgIpc) is 2.39. The summed E-state index contributed by atoms with van der Waals surface area (Å²) >= 11 is 0. The predicted octanol–water partition coefficient (Wildman–Crippen LogP) is 3.42. The van der Waals surface area contributed by atoms with Crippen molar-refractivity contribution in [2.24, 2.45) is 5.92 Å². The minimum atomic E-state index is 0.738. The fourth-order valence-electron chi connectivity index (χ4n) is 2.95. The fourth-order valence-corrected chi connectivity index (χ4v) is 2.95. The van der Waals surface area contributed by atoms with E-state index in [2.05, 4.69) is 62.0 Å². The Balaban J connectivity index is 1.92. The molecular weight excluding hydrogens is 232 g/mol. The largest absolute Gasteiger partial charge is 0.371 e. The monoisotopic (exact) mass is 260 g/mol. The zero-order valence-corrected chi connectivity index (χ0v) is 12.9. The molecule has 106 valence electrons. The van der Waals surface area contributed by atoms with Crippen LogP contribution in [0.5, 0.6) is 0 Å². The van der Waals surface area contributed by atoms with E-state index in [0.717, 1.165) is 12.0 Å². The summed E-state index contributed by atoms with van der Waals surface area (Å²) in [5.41, 5.74) is 2.85. The van der Waals surface area contributed by atoms with Crippen molar-refractivity contribution in [1.29, 1.82) is 0 Å². The maximum Gasteiger partial charge on any atom is 0.0366 e. The van der Waals surface area contributed by atoms with Crippen molar-refractivity contribution in [3.63, 3.8) is 0 Å². The molecule has 19 heavy (non-hydrogen) atoms. The molecule has 0 bridgehead atoms. The highest BCUT2D eigenvalue weighted by molar-refractivity contribution is 5.48. The Bertz CT molecular complexity index is 373. The van der Waals surface area contributed by atoms with Gasteiger partial charge >= 0.3 is 0 Å². The molecule has 0 saturated carbocycles. The van der Waals surface area contributed by atoms with Crippen LogP contribution < -0.4 is 4.90 Å². The molecule has 0 spiro atoms. The molecule has 1 aromatic carbocycles. The van der Waals surface area contributed by atoms with Gasteiger partial charge in [-0.1, -0.05) is 26.0 Å². The summed E-state index contributed by atoms with van der Waals surface area (Å²) in [4.78, 5) is 4.89. The van der Waals surface area contributed by atoms with Crippen molar-refractivity contribution in [3.8, 4) is 0 Å². The van der Waals surface area contributed by atoms with Gasteiger partial charge < -0.3 is 9.80 Å². The Morgan fingerprint density at radius 2 is 1.68 bits per heavy atom. The molecule has 2 rings (SSSR count). The van der Waals surface area contributed by atoms with Gasteiger partial charge in [0.25, 0.3) is 0 Å². The number of rotatable bonds is 4. The van der Waals surface area contributed by atoms with E-state index in [1.54, 1.807) is 0 Å². The highest BCUT2D eigenvalue weighted by Gasteiger charge is 2.20. The lowest BCUT2D eigenvalue weighted by Gasteiger charge is -2.36. The highest BCUT2D eigenvalue weighted by Crippen LogP contribution is 2.22. The normalized spacial score (nSPS) is 17.5. The Kier molecular flexibility index (Phi) is 4.87. The molecule has 1 aliphatic rings. The molecule has 0 atom stereocenters. The first-order valence-electron chi connectivity index (χ1n) is 7.56. The van der Waals surface area contributed by atoms with Gasteiger partial charge in [0.1, 0.15) is 0 Å². The van der Waals surface area contributed by atoms with E-state index < -0.39 is 0 Å². The topological polar surface area (TPSA) is 6.48 Å². The molecule has 1 aromatic rings. The molecule has 2 heteroatoms. The Morgan fingerprint density at radius 3 is 2.16 bits per heavy atom. The third kappa shape index (κ3) is 3.97. The van der Waals surface area contributed by atoms with E-state index in [9.17, 15) is 0 Å². The van der Waals surface area contributed by atoms with Gasteiger partial charge in [0.15, 0.2) is 0 Å². The lowest BCUT2D eigenvalue weighted by atomic mass is 10.0. The van der Waals surface area contributed by atoms with Gasteiger partial charge in [0.2, 0.25) is 0 Å². The molecule has 2 nitrogen and oxygen atoms in total. The molecule has 1 aliphatic heterocycles. The quantitative estimate of drug-likeness (QED) is 0.818. The first-order chi connectivity index (χ1) is 9.06. The molecule has 0 aliphatic carbocycles. The first-order valence-corrected chi connectivity index (χ1v) is 7.56. The molecule has 0 N–H and O–H groups in total. The number of benzene rings is 1. The third-order valence-corrected chi connectivity index (χ3v) is 4.14. The lowest BCUT2D eigenvalue weighted by Crippen LogP contribution is -2.41. The third-order valence-electron chi connectivity index (χ3n) is 4.14. The molecule has 0 aromatic heterocycles. The molecule has 0 amide bonds. The van der Waals surface area contributed by atoms with Gasteiger partial charge in [-0.05, 0) is 57.0 Å². The van der Waals surface area contributed by atoms with Crippen LogP contribution >= 0.6 is 0 Å². The van der Waals surface area contributed by atoms with Gasteiger partial charge in [-0.2, -0.15) is 0 Å². The van der Waals surface area contributed by atoms with Crippen LogP contribution in [0.15, 0.2) is 24.3 Å². The SMILES string of the molecule is CC(C)Cc1ccc(N2CCC(N(C)C)CC2)cc1. The number of piperidine rings is 1. The first kappa shape index (κ1) is 14.4. The Hall–Kier alpha value is -1.02. The van der Waals surface area contributed by atoms with Gasteiger partial charge in [-0.3, -0.25) is 0 Å². The van der Waals surface area contributed by atoms with E-state index in [-0.39, 0.29) is 0 Å². The van der Waals surface area contributed by atoms with E-state index in [1.165, 1.54) is 43.6 Å². The van der Waals surface area contributed by atoms with Crippen molar-refractivity contribution in [3.05, 3.63) is 29.8 Å². The van der Waals surface area contributed by atoms with Gasteiger partial charge in [-0.25, -0.2) is 0 Å². The molecule has 0 unspecified atom stereocenters. The summed E-state index contributed by atoms with van der Waals surface area (Å²) in [5, 5.41) is 0. The van der Waals surface area contributed by atoms with Crippen LogP contribution in [0, 0.1) is 5.92 Å². The summed E-state index contributed by atoms with van der Waals surface area (Å²) in [6.45, 7) is 6.93. The maximum atomic E-state index is 2.53. The van der Waals surface area contributed by atoms with E-state index in [0.29, 0.717) is 0 Å². The standard InChI is InChI=1S/C17H28N2/c1-14(2)13-15-5-7-17(8-6-15)19-11-9-16(10-12-19)18(3)4/h5-8,14,16H,9-13H2,1-4H3. The van der Waals surface area contributed by atoms with Gasteiger partial charge in [-0.15, -0.1) is 0 Å². The second kappa shape index (κ2) is 6.42. The number of hydrogen-bond acceptors (Lipinski definition) is 2. The second-order valence-electron chi connectivity index (χ2n) is 6.45. The second-order valence-corrected chi connectivity index (χ2v) is 6.45. The Labute approximate surface area is 118 Å². The van der Waals surface area contributed by atoms with Crippen LogP contribution in [0.1, 0.15) is 32.3 Å². The Morgan fingerprint density at radius 1 is 1.11 bits per heavy atom. The summed E-state index contributed by atoms with van der Waals surface area (Å²) in [7, 11) is 4.39. The zero-order chi connectivity index (χ0) is 13.8. The van der Waals surface area contributed by atoms with Crippen molar-refractivity contribution in [1.82, 2.24) is 4.90 Å². The number of anilines is 1. The van der Waals surface area contributed by atoms with E-state index in [1.807, 2.05) is 0 Å². The predicted molar refractivity (Wildman–Crippen MR) is 83.9 cm³/mol. The lowest BCUT2D eigenvalue weighted by molar-refractivity contribution is 0.249. The smallest absolute Gasteiger partial charge is 0.0366 e. The van der Waals surface area contributed by atoms with E-state index in [4.69, 9.17) is 0 Å². The van der Waals surface area contributed by atoms with Crippen LogP contribution in [0.2, 0.25) is 0 Å². The molecule has 1 heterocycles. The van der Waals surface area contributed by atoms with Gasteiger partial charge in [0.05, 0.1) is 0 Å². The van der Waals surface area contributed by atoms with Crippen LogP contribution in [0.3, 0.4) is 0 Å². The maximum absolute atomic E-state index is 2.53. The van der Waals surface area contributed by atoms with Crippen molar-refractivity contribution in [2.45, 2.75) is 39.2 Å². The molecule has 1 saturated heterocycles.